The van der Waals surface area contributed by atoms with Gasteiger partial charge in [-0.25, -0.2) is 0 Å². The van der Waals surface area contributed by atoms with E-state index in [1.54, 1.807) is 38.1 Å². The van der Waals surface area contributed by atoms with E-state index in [0.29, 0.717) is 5.56 Å². The van der Waals surface area contributed by atoms with Crippen LogP contribution in [-0.2, 0) is 19.1 Å². The molecule has 5 heteroatoms. The average Bonchev–Trinajstić information content (AvgIpc) is 3.40. The second-order valence-corrected chi connectivity index (χ2v) is 6.91. The summed E-state index contributed by atoms with van der Waals surface area (Å²) < 4.78 is 10.5. The highest BCUT2D eigenvalue weighted by Gasteiger charge is 2.79. The molecule has 0 heterocycles. The van der Waals surface area contributed by atoms with Crippen molar-refractivity contribution in [1.29, 1.82) is 0 Å². The van der Waals surface area contributed by atoms with Crippen LogP contribution in [-0.4, -0.2) is 30.9 Å². The van der Waals surface area contributed by atoms with Crippen molar-refractivity contribution in [3.63, 3.8) is 0 Å². The molecule has 0 N–H and O–H groups in total. The van der Waals surface area contributed by atoms with Crippen molar-refractivity contribution >= 4 is 17.7 Å². The molecule has 0 saturated heterocycles. The monoisotopic (exact) mass is 380 g/mol. The highest BCUT2D eigenvalue weighted by Crippen LogP contribution is 2.67. The van der Waals surface area contributed by atoms with Gasteiger partial charge in [-0.2, -0.15) is 0 Å². The SMILES string of the molecule is CCOC(=O)C1(C(=O)OCC)[C@@H](C(=O)c2ccccc2)[C@@H]1c1ccc(C)cc1. The van der Waals surface area contributed by atoms with Crippen LogP contribution in [0.25, 0.3) is 0 Å². The van der Waals surface area contributed by atoms with Gasteiger partial charge in [0.2, 0.25) is 0 Å². The van der Waals surface area contributed by atoms with E-state index in [2.05, 4.69) is 0 Å². The van der Waals surface area contributed by atoms with E-state index in [9.17, 15) is 14.4 Å². The molecule has 0 radical (unpaired) electrons. The number of carbonyl (C=O) groups is 3. The minimum atomic E-state index is -1.64. The Bertz CT molecular complexity index is 852. The van der Waals surface area contributed by atoms with E-state index in [4.69, 9.17) is 9.47 Å². The van der Waals surface area contributed by atoms with E-state index < -0.39 is 29.2 Å². The molecule has 3 rings (SSSR count). The van der Waals surface area contributed by atoms with Crippen molar-refractivity contribution in [2.24, 2.45) is 11.3 Å². The second-order valence-electron chi connectivity index (χ2n) is 6.91. The van der Waals surface area contributed by atoms with Gasteiger partial charge in [-0.3, -0.25) is 14.4 Å². The summed E-state index contributed by atoms with van der Waals surface area (Å²) in [6.07, 6.45) is 0. The Labute approximate surface area is 164 Å². The van der Waals surface area contributed by atoms with Gasteiger partial charge in [0.15, 0.2) is 11.2 Å². The zero-order valence-electron chi connectivity index (χ0n) is 16.3. The molecule has 0 aromatic heterocycles. The van der Waals surface area contributed by atoms with Gasteiger partial charge < -0.3 is 9.47 Å². The molecule has 2 atom stereocenters. The van der Waals surface area contributed by atoms with Gasteiger partial charge in [0.25, 0.3) is 0 Å². The molecule has 0 amide bonds. The maximum atomic E-state index is 13.3. The highest BCUT2D eigenvalue weighted by atomic mass is 16.6. The van der Waals surface area contributed by atoms with Crippen LogP contribution in [0.3, 0.4) is 0 Å². The first kappa shape index (κ1) is 19.8. The summed E-state index contributed by atoms with van der Waals surface area (Å²) in [5, 5.41) is 0. The topological polar surface area (TPSA) is 69.7 Å². The first-order valence-electron chi connectivity index (χ1n) is 9.48. The summed E-state index contributed by atoms with van der Waals surface area (Å²) in [5.41, 5.74) is 0.614. The van der Waals surface area contributed by atoms with Crippen LogP contribution in [0.5, 0.6) is 0 Å². The lowest BCUT2D eigenvalue weighted by molar-refractivity contribution is -0.165. The zero-order chi connectivity index (χ0) is 20.3. The van der Waals surface area contributed by atoms with Crippen molar-refractivity contribution in [3.8, 4) is 0 Å². The Hall–Kier alpha value is -2.95. The third-order valence-electron chi connectivity index (χ3n) is 5.21. The summed E-state index contributed by atoms with van der Waals surface area (Å²) in [4.78, 5) is 39.2. The van der Waals surface area contributed by atoms with Crippen molar-refractivity contribution in [2.75, 3.05) is 13.2 Å². The Morgan fingerprint density at radius 1 is 0.857 bits per heavy atom. The van der Waals surface area contributed by atoms with Crippen LogP contribution in [0, 0.1) is 18.3 Å². The van der Waals surface area contributed by atoms with Gasteiger partial charge in [0.05, 0.1) is 19.1 Å². The van der Waals surface area contributed by atoms with Gasteiger partial charge >= 0.3 is 11.9 Å². The number of carbonyl (C=O) groups excluding carboxylic acids is 3. The molecule has 28 heavy (non-hydrogen) atoms. The molecule has 0 bridgehead atoms. The van der Waals surface area contributed by atoms with Crippen molar-refractivity contribution < 1.29 is 23.9 Å². The first-order chi connectivity index (χ1) is 13.5. The maximum absolute atomic E-state index is 13.3. The quantitative estimate of drug-likeness (QED) is 0.416. The van der Waals surface area contributed by atoms with Crippen LogP contribution < -0.4 is 0 Å². The van der Waals surface area contributed by atoms with Crippen molar-refractivity contribution in [3.05, 3.63) is 71.3 Å². The lowest BCUT2D eigenvalue weighted by Gasteiger charge is -2.15. The molecule has 2 aromatic rings. The molecule has 0 aliphatic heterocycles. The van der Waals surface area contributed by atoms with Gasteiger partial charge in [-0.05, 0) is 26.3 Å². The van der Waals surface area contributed by atoms with Crippen LogP contribution in [0.4, 0.5) is 0 Å². The normalized spacial score (nSPS) is 19.5. The minimum absolute atomic E-state index is 0.118. The fraction of sp³-hybridized carbons (Fsp3) is 0.348. The number of hydrogen-bond acceptors (Lipinski definition) is 5. The Kier molecular flexibility index (Phi) is 5.63. The number of benzene rings is 2. The second kappa shape index (κ2) is 7.97. The maximum Gasteiger partial charge on any atom is 0.324 e. The Morgan fingerprint density at radius 3 is 1.89 bits per heavy atom. The van der Waals surface area contributed by atoms with Gasteiger partial charge in [0, 0.05) is 11.5 Å². The fourth-order valence-electron chi connectivity index (χ4n) is 3.85. The lowest BCUT2D eigenvalue weighted by Crippen LogP contribution is -2.34. The number of ether oxygens (including phenoxy) is 2. The van der Waals surface area contributed by atoms with Crippen molar-refractivity contribution in [1.82, 2.24) is 0 Å². The van der Waals surface area contributed by atoms with Crippen LogP contribution in [0.1, 0.15) is 41.3 Å². The molecule has 0 unspecified atom stereocenters. The third-order valence-corrected chi connectivity index (χ3v) is 5.21. The number of aryl methyl sites for hydroxylation is 1. The molecule has 0 spiro atoms. The lowest BCUT2D eigenvalue weighted by atomic mass is 9.97. The largest absolute Gasteiger partial charge is 0.465 e. The van der Waals surface area contributed by atoms with Gasteiger partial charge in [-0.1, -0.05) is 60.2 Å². The summed E-state index contributed by atoms with van der Waals surface area (Å²) in [6.45, 7) is 5.54. The zero-order valence-corrected chi connectivity index (χ0v) is 16.3. The van der Waals surface area contributed by atoms with E-state index in [0.717, 1.165) is 11.1 Å². The number of esters is 2. The predicted molar refractivity (Wildman–Crippen MR) is 104 cm³/mol. The molecule has 1 aliphatic rings. The molecule has 2 aromatic carbocycles. The van der Waals surface area contributed by atoms with E-state index in [1.165, 1.54) is 0 Å². The molecular formula is C23H24O5. The molecule has 1 saturated carbocycles. The highest BCUT2D eigenvalue weighted by molar-refractivity contribution is 6.16. The van der Waals surface area contributed by atoms with Crippen LogP contribution >= 0.6 is 0 Å². The van der Waals surface area contributed by atoms with Gasteiger partial charge in [-0.15, -0.1) is 0 Å². The summed E-state index contributed by atoms with van der Waals surface area (Å²) >= 11 is 0. The van der Waals surface area contributed by atoms with Crippen LogP contribution in [0.15, 0.2) is 54.6 Å². The molecular weight excluding hydrogens is 356 g/mol. The first-order valence-corrected chi connectivity index (χ1v) is 9.48. The predicted octanol–water partition coefficient (Wildman–Crippen LogP) is 3.70. The molecule has 5 nitrogen and oxygen atoms in total. The molecule has 1 aliphatic carbocycles. The number of rotatable bonds is 7. The average molecular weight is 380 g/mol. The van der Waals surface area contributed by atoms with E-state index >= 15 is 0 Å². The number of ketones is 1. The van der Waals surface area contributed by atoms with E-state index in [1.807, 2.05) is 37.3 Å². The summed E-state index contributed by atoms with van der Waals surface area (Å²) in [7, 11) is 0. The Balaban J connectivity index is 2.11. The molecule has 1 fully saturated rings. The van der Waals surface area contributed by atoms with Gasteiger partial charge in [0.1, 0.15) is 0 Å². The van der Waals surface area contributed by atoms with Crippen LogP contribution in [0.2, 0.25) is 0 Å². The number of Topliss-reactive ketones (excluding diaryl/α,β-unsaturated/α-hetero) is 1. The smallest absolute Gasteiger partial charge is 0.324 e. The van der Waals surface area contributed by atoms with Crippen molar-refractivity contribution in [2.45, 2.75) is 26.7 Å². The minimum Gasteiger partial charge on any atom is -0.465 e. The fourth-order valence-corrected chi connectivity index (χ4v) is 3.85. The summed E-state index contributed by atoms with van der Waals surface area (Å²) in [5.74, 6) is -3.12. The number of hydrogen-bond donors (Lipinski definition) is 0. The standard InChI is InChI=1S/C23H24O5/c1-4-27-21(25)23(22(26)28-5-2)18(16-13-11-15(3)12-14-16)19(23)20(24)17-9-7-6-8-10-17/h6-14,18-19H,4-5H2,1-3H3/t18-,19+/m0/s1. The Morgan fingerprint density at radius 2 is 1.39 bits per heavy atom. The summed E-state index contributed by atoms with van der Waals surface area (Å²) in [6, 6.07) is 16.2. The van der Waals surface area contributed by atoms with E-state index in [-0.39, 0.29) is 19.0 Å². The third kappa shape index (κ3) is 3.21. The molecule has 146 valence electrons.